The molecule has 0 unspecified atom stereocenters. The number of aryl methyl sites for hydroxylation is 2. The van der Waals surface area contributed by atoms with Crippen LogP contribution in [-0.2, 0) is 12.8 Å². The lowest BCUT2D eigenvalue weighted by Crippen LogP contribution is -2.05. The minimum absolute atomic E-state index is 0.821. The fraction of sp³-hybridized carbons (Fsp3) is 0.417. The van der Waals surface area contributed by atoms with E-state index in [1.54, 1.807) is 6.20 Å². The van der Waals surface area contributed by atoms with Crippen LogP contribution in [0.4, 0.5) is 0 Å². The molecule has 2 aromatic rings. The minimum Gasteiger partial charge on any atom is -0.288 e. The molecule has 0 radical (unpaired) electrons. The van der Waals surface area contributed by atoms with Crippen LogP contribution in [0.2, 0.25) is 0 Å². The second-order valence-corrected chi connectivity index (χ2v) is 4.59. The third-order valence-corrected chi connectivity index (χ3v) is 2.89. The van der Waals surface area contributed by atoms with E-state index in [1.807, 2.05) is 16.8 Å². The first-order valence-corrected chi connectivity index (χ1v) is 6.60. The van der Waals surface area contributed by atoms with E-state index in [0.29, 0.717) is 0 Å². The molecule has 2 aromatic heterocycles. The van der Waals surface area contributed by atoms with E-state index in [-0.39, 0.29) is 0 Å². The van der Waals surface area contributed by atoms with E-state index in [1.165, 1.54) is 0 Å². The van der Waals surface area contributed by atoms with Gasteiger partial charge in [-0.15, -0.1) is 0 Å². The predicted octanol–water partition coefficient (Wildman–Crippen LogP) is 2.94. The van der Waals surface area contributed by atoms with Crippen LogP contribution in [0.3, 0.4) is 0 Å². The highest BCUT2D eigenvalue weighted by Gasteiger charge is 2.07. The van der Waals surface area contributed by atoms with Gasteiger partial charge in [-0.2, -0.15) is 0 Å². The molecule has 4 nitrogen and oxygen atoms in total. The molecule has 90 valence electrons. The van der Waals surface area contributed by atoms with Crippen LogP contribution >= 0.6 is 15.9 Å². The van der Waals surface area contributed by atoms with E-state index >= 15 is 0 Å². The Morgan fingerprint density at radius 3 is 2.82 bits per heavy atom. The van der Waals surface area contributed by atoms with Crippen LogP contribution in [0.1, 0.15) is 31.9 Å². The van der Waals surface area contributed by atoms with Crippen molar-refractivity contribution in [1.29, 1.82) is 0 Å². The lowest BCUT2D eigenvalue weighted by atomic mass is 10.3. The van der Waals surface area contributed by atoms with Crippen LogP contribution in [-0.4, -0.2) is 19.5 Å². The number of hydrogen-bond acceptors (Lipinski definition) is 3. The molecular weight excluding hydrogens is 280 g/mol. The molecule has 2 rings (SSSR count). The smallest absolute Gasteiger partial charge is 0.142 e. The number of rotatable bonds is 4. The average Bonchev–Trinajstić information content (AvgIpc) is 2.76. The molecule has 0 saturated carbocycles. The summed E-state index contributed by atoms with van der Waals surface area (Å²) in [6.07, 6.45) is 6.55. The van der Waals surface area contributed by atoms with Gasteiger partial charge in [0.1, 0.15) is 22.1 Å². The SMILES string of the molecule is CCCc1nc(Br)cc(-n2ccnc2CC)n1. The molecule has 0 bridgehead atoms. The Labute approximate surface area is 109 Å². The highest BCUT2D eigenvalue weighted by atomic mass is 79.9. The molecule has 0 amide bonds. The Hall–Kier alpha value is -1.23. The zero-order chi connectivity index (χ0) is 12.3. The Morgan fingerprint density at radius 1 is 1.29 bits per heavy atom. The topological polar surface area (TPSA) is 43.6 Å². The third-order valence-electron chi connectivity index (χ3n) is 2.48. The van der Waals surface area contributed by atoms with Crippen LogP contribution in [0.25, 0.3) is 5.82 Å². The summed E-state index contributed by atoms with van der Waals surface area (Å²) in [4.78, 5) is 13.2. The van der Waals surface area contributed by atoms with Crippen LogP contribution in [0.5, 0.6) is 0 Å². The van der Waals surface area contributed by atoms with Crippen LogP contribution < -0.4 is 0 Å². The van der Waals surface area contributed by atoms with Crippen molar-refractivity contribution in [3.8, 4) is 5.82 Å². The van der Waals surface area contributed by atoms with Crippen LogP contribution in [0, 0.1) is 0 Å². The van der Waals surface area contributed by atoms with Gasteiger partial charge in [0.05, 0.1) is 0 Å². The highest BCUT2D eigenvalue weighted by molar-refractivity contribution is 9.10. The van der Waals surface area contributed by atoms with Gasteiger partial charge in [-0.1, -0.05) is 13.8 Å². The Kier molecular flexibility index (Phi) is 3.89. The van der Waals surface area contributed by atoms with Gasteiger partial charge in [-0.05, 0) is 22.4 Å². The van der Waals surface area contributed by atoms with E-state index < -0.39 is 0 Å². The minimum atomic E-state index is 0.821. The lowest BCUT2D eigenvalue weighted by Gasteiger charge is -2.07. The van der Waals surface area contributed by atoms with Crippen molar-refractivity contribution in [2.75, 3.05) is 0 Å². The lowest BCUT2D eigenvalue weighted by molar-refractivity contribution is 0.794. The molecule has 0 atom stereocenters. The first kappa shape index (κ1) is 12.2. The number of imidazole rings is 1. The molecule has 0 saturated heterocycles. The summed E-state index contributed by atoms with van der Waals surface area (Å²) >= 11 is 3.43. The second-order valence-electron chi connectivity index (χ2n) is 3.78. The molecule has 0 fully saturated rings. The summed E-state index contributed by atoms with van der Waals surface area (Å²) < 4.78 is 2.83. The van der Waals surface area contributed by atoms with Gasteiger partial charge in [0.25, 0.3) is 0 Å². The maximum absolute atomic E-state index is 4.56. The maximum Gasteiger partial charge on any atom is 0.142 e. The van der Waals surface area contributed by atoms with E-state index in [0.717, 1.165) is 41.3 Å². The molecule has 0 aliphatic carbocycles. The molecule has 17 heavy (non-hydrogen) atoms. The van der Waals surface area contributed by atoms with Crippen LogP contribution in [0.15, 0.2) is 23.1 Å². The summed E-state index contributed by atoms with van der Waals surface area (Å²) in [6, 6.07) is 1.92. The highest BCUT2D eigenvalue weighted by Crippen LogP contribution is 2.15. The van der Waals surface area contributed by atoms with Crippen molar-refractivity contribution in [3.63, 3.8) is 0 Å². The van der Waals surface area contributed by atoms with Crippen molar-refractivity contribution in [2.45, 2.75) is 33.1 Å². The summed E-state index contributed by atoms with van der Waals surface area (Å²) in [7, 11) is 0. The first-order chi connectivity index (χ1) is 8.24. The number of aromatic nitrogens is 4. The van der Waals surface area contributed by atoms with E-state index in [9.17, 15) is 0 Å². The van der Waals surface area contributed by atoms with Crippen molar-refractivity contribution in [1.82, 2.24) is 19.5 Å². The fourth-order valence-corrected chi connectivity index (χ4v) is 2.12. The number of nitrogens with zero attached hydrogens (tertiary/aromatic N) is 4. The number of halogens is 1. The van der Waals surface area contributed by atoms with Crippen molar-refractivity contribution in [2.24, 2.45) is 0 Å². The molecule has 0 N–H and O–H groups in total. The van der Waals surface area contributed by atoms with Gasteiger partial charge in [0, 0.05) is 31.3 Å². The van der Waals surface area contributed by atoms with Crippen molar-refractivity contribution >= 4 is 15.9 Å². The Bertz CT molecular complexity index is 507. The zero-order valence-electron chi connectivity index (χ0n) is 10.0. The van der Waals surface area contributed by atoms with Crippen molar-refractivity contribution in [3.05, 3.63) is 34.7 Å². The molecule has 0 spiro atoms. The summed E-state index contributed by atoms with van der Waals surface area (Å²) in [5.41, 5.74) is 0. The van der Waals surface area contributed by atoms with E-state index in [2.05, 4.69) is 44.7 Å². The van der Waals surface area contributed by atoms with Gasteiger partial charge in [0.15, 0.2) is 0 Å². The maximum atomic E-state index is 4.56. The molecule has 2 heterocycles. The summed E-state index contributed by atoms with van der Waals surface area (Å²) in [5.74, 6) is 2.76. The van der Waals surface area contributed by atoms with Gasteiger partial charge < -0.3 is 0 Å². The number of hydrogen-bond donors (Lipinski definition) is 0. The Morgan fingerprint density at radius 2 is 2.12 bits per heavy atom. The fourth-order valence-electron chi connectivity index (χ4n) is 1.71. The normalized spacial score (nSPS) is 10.8. The average molecular weight is 295 g/mol. The second kappa shape index (κ2) is 5.40. The monoisotopic (exact) mass is 294 g/mol. The first-order valence-electron chi connectivity index (χ1n) is 5.80. The third kappa shape index (κ3) is 2.72. The summed E-state index contributed by atoms with van der Waals surface area (Å²) in [6.45, 7) is 4.21. The molecule has 0 aliphatic rings. The van der Waals surface area contributed by atoms with E-state index in [4.69, 9.17) is 0 Å². The van der Waals surface area contributed by atoms with Crippen molar-refractivity contribution < 1.29 is 0 Å². The van der Waals surface area contributed by atoms with Gasteiger partial charge in [-0.3, -0.25) is 4.57 Å². The summed E-state index contributed by atoms with van der Waals surface area (Å²) in [5, 5.41) is 0. The largest absolute Gasteiger partial charge is 0.288 e. The molecular formula is C12H15BrN4. The Balaban J connectivity index is 2.44. The molecule has 0 aliphatic heterocycles. The molecule has 0 aromatic carbocycles. The quantitative estimate of drug-likeness (QED) is 0.815. The predicted molar refractivity (Wildman–Crippen MR) is 70.2 cm³/mol. The zero-order valence-corrected chi connectivity index (χ0v) is 11.6. The van der Waals surface area contributed by atoms with Gasteiger partial charge in [0.2, 0.25) is 0 Å². The van der Waals surface area contributed by atoms with Gasteiger partial charge >= 0.3 is 0 Å². The standard InChI is InChI=1S/C12H15BrN4/c1-3-5-10-15-9(13)8-12(16-10)17-7-6-14-11(17)4-2/h6-8H,3-5H2,1-2H3. The molecule has 5 heteroatoms. The van der Waals surface area contributed by atoms with Gasteiger partial charge in [-0.25, -0.2) is 15.0 Å².